The van der Waals surface area contributed by atoms with Gasteiger partial charge in [0.15, 0.2) is 0 Å². The Hall–Kier alpha value is -1.95. The van der Waals surface area contributed by atoms with Crippen LogP contribution >= 0.6 is 0 Å². The average molecular weight is 279 g/mol. The minimum atomic E-state index is -0.657. The van der Waals surface area contributed by atoms with Crippen molar-refractivity contribution in [3.8, 4) is 0 Å². The normalized spacial score (nSPS) is 17.9. The van der Waals surface area contributed by atoms with E-state index < -0.39 is 11.7 Å². The van der Waals surface area contributed by atoms with E-state index in [0.717, 1.165) is 31.9 Å². The highest BCUT2D eigenvalue weighted by molar-refractivity contribution is 5.96. The number of primary amides is 1. The summed E-state index contributed by atoms with van der Waals surface area (Å²) >= 11 is 0. The van der Waals surface area contributed by atoms with Crippen molar-refractivity contribution in [2.45, 2.75) is 31.7 Å². The summed E-state index contributed by atoms with van der Waals surface area (Å²) in [5.74, 6) is -1.50. The fraction of sp³-hybridized carbons (Fsp3) is 0.429. The second-order valence-electron chi connectivity index (χ2n) is 4.94. The SMILES string of the molecule is NC(=O)c1ccc(F)c(NC(=O)CCC2CCCN2)c1. The summed E-state index contributed by atoms with van der Waals surface area (Å²) in [6.07, 6.45) is 3.24. The molecule has 5 nitrogen and oxygen atoms in total. The molecule has 0 aromatic heterocycles. The molecule has 0 saturated carbocycles. The number of amides is 2. The van der Waals surface area contributed by atoms with Crippen molar-refractivity contribution in [1.82, 2.24) is 5.32 Å². The Kier molecular flexibility index (Phi) is 4.68. The molecule has 1 heterocycles. The third-order valence-electron chi connectivity index (χ3n) is 3.41. The Balaban J connectivity index is 1.92. The van der Waals surface area contributed by atoms with Crippen LogP contribution in [0.25, 0.3) is 0 Å². The van der Waals surface area contributed by atoms with Gasteiger partial charge in [-0.2, -0.15) is 0 Å². The molecule has 0 spiro atoms. The average Bonchev–Trinajstić information content (AvgIpc) is 2.92. The van der Waals surface area contributed by atoms with Crippen LogP contribution in [0.4, 0.5) is 10.1 Å². The van der Waals surface area contributed by atoms with Crippen molar-refractivity contribution in [2.75, 3.05) is 11.9 Å². The molecule has 1 saturated heterocycles. The van der Waals surface area contributed by atoms with E-state index in [9.17, 15) is 14.0 Å². The van der Waals surface area contributed by atoms with E-state index in [1.165, 1.54) is 12.1 Å². The van der Waals surface area contributed by atoms with Crippen LogP contribution in [0.2, 0.25) is 0 Å². The lowest BCUT2D eigenvalue weighted by Gasteiger charge is -2.11. The number of hydrogen-bond donors (Lipinski definition) is 3. The lowest BCUT2D eigenvalue weighted by Crippen LogP contribution is -2.23. The zero-order valence-electron chi connectivity index (χ0n) is 11.1. The first-order chi connectivity index (χ1) is 9.56. The summed E-state index contributed by atoms with van der Waals surface area (Å²) in [6, 6.07) is 4.02. The number of rotatable bonds is 5. The fourth-order valence-corrected chi connectivity index (χ4v) is 2.30. The van der Waals surface area contributed by atoms with Gasteiger partial charge in [0, 0.05) is 18.0 Å². The van der Waals surface area contributed by atoms with Crippen molar-refractivity contribution in [3.05, 3.63) is 29.6 Å². The zero-order chi connectivity index (χ0) is 14.5. The van der Waals surface area contributed by atoms with Crippen LogP contribution in [0, 0.1) is 5.82 Å². The number of anilines is 1. The summed E-state index contributed by atoms with van der Waals surface area (Å²) in [6.45, 7) is 0.988. The molecule has 20 heavy (non-hydrogen) atoms. The van der Waals surface area contributed by atoms with Gasteiger partial charge in [0.2, 0.25) is 11.8 Å². The first-order valence-electron chi connectivity index (χ1n) is 6.69. The molecule has 108 valence electrons. The van der Waals surface area contributed by atoms with Crippen LogP contribution < -0.4 is 16.4 Å². The largest absolute Gasteiger partial charge is 0.366 e. The van der Waals surface area contributed by atoms with E-state index in [-0.39, 0.29) is 17.2 Å². The van der Waals surface area contributed by atoms with Crippen LogP contribution in [0.1, 0.15) is 36.0 Å². The zero-order valence-corrected chi connectivity index (χ0v) is 11.1. The molecular formula is C14H18FN3O2. The van der Waals surface area contributed by atoms with Gasteiger partial charge in [-0.25, -0.2) is 4.39 Å². The van der Waals surface area contributed by atoms with Crippen molar-refractivity contribution < 1.29 is 14.0 Å². The molecule has 1 unspecified atom stereocenters. The Morgan fingerprint density at radius 1 is 1.45 bits per heavy atom. The maximum atomic E-state index is 13.6. The molecule has 2 amide bonds. The van der Waals surface area contributed by atoms with Gasteiger partial charge in [-0.1, -0.05) is 0 Å². The molecule has 1 fully saturated rings. The fourth-order valence-electron chi connectivity index (χ4n) is 2.30. The standard InChI is InChI=1S/C14H18FN3O2/c15-11-5-3-9(14(16)20)8-12(11)18-13(19)6-4-10-2-1-7-17-10/h3,5,8,10,17H,1-2,4,6-7H2,(H2,16,20)(H,18,19). The van der Waals surface area contributed by atoms with Gasteiger partial charge < -0.3 is 16.4 Å². The number of benzene rings is 1. The van der Waals surface area contributed by atoms with Gasteiger partial charge in [-0.3, -0.25) is 9.59 Å². The molecule has 0 aliphatic carbocycles. The molecule has 1 aliphatic heterocycles. The molecule has 1 atom stereocenters. The van der Waals surface area contributed by atoms with E-state index >= 15 is 0 Å². The van der Waals surface area contributed by atoms with E-state index in [2.05, 4.69) is 10.6 Å². The van der Waals surface area contributed by atoms with Gasteiger partial charge in [-0.05, 0) is 44.0 Å². The summed E-state index contributed by atoms with van der Waals surface area (Å²) in [4.78, 5) is 22.8. The van der Waals surface area contributed by atoms with Crippen LogP contribution in [-0.2, 0) is 4.79 Å². The second-order valence-corrected chi connectivity index (χ2v) is 4.94. The quantitative estimate of drug-likeness (QED) is 0.761. The minimum Gasteiger partial charge on any atom is -0.366 e. The van der Waals surface area contributed by atoms with Crippen LogP contribution in [0.3, 0.4) is 0 Å². The second kappa shape index (κ2) is 6.47. The van der Waals surface area contributed by atoms with Crippen molar-refractivity contribution in [2.24, 2.45) is 5.73 Å². The van der Waals surface area contributed by atoms with E-state index in [0.29, 0.717) is 12.5 Å². The van der Waals surface area contributed by atoms with Crippen LogP contribution in [0.5, 0.6) is 0 Å². The number of carbonyl (C=O) groups excluding carboxylic acids is 2. The molecule has 0 radical (unpaired) electrons. The van der Waals surface area contributed by atoms with E-state index in [1.54, 1.807) is 0 Å². The van der Waals surface area contributed by atoms with Gasteiger partial charge in [0.05, 0.1) is 5.69 Å². The molecule has 1 aromatic rings. The Bertz CT molecular complexity index is 513. The molecule has 1 aromatic carbocycles. The first kappa shape index (κ1) is 14.5. The van der Waals surface area contributed by atoms with Gasteiger partial charge in [0.25, 0.3) is 0 Å². The van der Waals surface area contributed by atoms with Crippen molar-refractivity contribution in [3.63, 3.8) is 0 Å². The predicted molar refractivity (Wildman–Crippen MR) is 73.8 cm³/mol. The minimum absolute atomic E-state index is 0.00863. The third-order valence-corrected chi connectivity index (χ3v) is 3.41. The summed E-state index contributed by atoms with van der Waals surface area (Å²) in [5, 5.41) is 5.78. The molecule has 2 rings (SSSR count). The summed E-state index contributed by atoms with van der Waals surface area (Å²) in [7, 11) is 0. The number of hydrogen-bond acceptors (Lipinski definition) is 3. The third kappa shape index (κ3) is 3.77. The smallest absolute Gasteiger partial charge is 0.248 e. The lowest BCUT2D eigenvalue weighted by molar-refractivity contribution is -0.116. The number of nitrogens with two attached hydrogens (primary N) is 1. The summed E-state index contributed by atoms with van der Waals surface area (Å²) < 4.78 is 13.6. The monoisotopic (exact) mass is 279 g/mol. The summed E-state index contributed by atoms with van der Waals surface area (Å²) in [5.41, 5.74) is 5.28. The van der Waals surface area contributed by atoms with Crippen molar-refractivity contribution >= 4 is 17.5 Å². The van der Waals surface area contributed by atoms with Crippen LogP contribution in [-0.4, -0.2) is 24.4 Å². The van der Waals surface area contributed by atoms with Gasteiger partial charge in [-0.15, -0.1) is 0 Å². The highest BCUT2D eigenvalue weighted by Crippen LogP contribution is 2.17. The number of carbonyl (C=O) groups is 2. The van der Waals surface area contributed by atoms with Crippen molar-refractivity contribution in [1.29, 1.82) is 0 Å². The van der Waals surface area contributed by atoms with Gasteiger partial charge in [0.1, 0.15) is 5.82 Å². The number of nitrogens with one attached hydrogen (secondary N) is 2. The van der Waals surface area contributed by atoms with E-state index in [4.69, 9.17) is 5.73 Å². The molecule has 6 heteroatoms. The molecule has 1 aliphatic rings. The maximum absolute atomic E-state index is 13.6. The molecular weight excluding hydrogens is 261 g/mol. The topological polar surface area (TPSA) is 84.2 Å². The molecule has 4 N–H and O–H groups in total. The Morgan fingerprint density at radius 3 is 2.90 bits per heavy atom. The van der Waals surface area contributed by atoms with Gasteiger partial charge >= 0.3 is 0 Å². The highest BCUT2D eigenvalue weighted by Gasteiger charge is 2.16. The highest BCUT2D eigenvalue weighted by atomic mass is 19.1. The van der Waals surface area contributed by atoms with E-state index in [1.807, 2.05) is 0 Å². The number of halogens is 1. The first-order valence-corrected chi connectivity index (χ1v) is 6.69. The lowest BCUT2D eigenvalue weighted by atomic mass is 10.1. The Morgan fingerprint density at radius 2 is 2.25 bits per heavy atom. The molecule has 0 bridgehead atoms. The van der Waals surface area contributed by atoms with Crippen LogP contribution in [0.15, 0.2) is 18.2 Å². The Labute approximate surface area is 116 Å². The predicted octanol–water partition coefficient (Wildman–Crippen LogP) is 1.40. The maximum Gasteiger partial charge on any atom is 0.248 e.